The molecule has 29 heavy (non-hydrogen) atoms. The Morgan fingerprint density at radius 3 is 2.41 bits per heavy atom. The van der Waals surface area contributed by atoms with E-state index in [-0.39, 0.29) is 5.41 Å². The summed E-state index contributed by atoms with van der Waals surface area (Å²) in [4.78, 5) is 0. The Morgan fingerprint density at radius 1 is 0.828 bits per heavy atom. The van der Waals surface area contributed by atoms with Crippen molar-refractivity contribution in [3.8, 4) is 17.0 Å². The minimum atomic E-state index is -0.0947. The van der Waals surface area contributed by atoms with Gasteiger partial charge >= 0.3 is 0 Å². The Labute approximate surface area is 169 Å². The van der Waals surface area contributed by atoms with Crippen molar-refractivity contribution in [1.82, 2.24) is 0 Å². The van der Waals surface area contributed by atoms with Crippen LogP contribution in [0.15, 0.2) is 72.9 Å². The Morgan fingerprint density at radius 2 is 1.55 bits per heavy atom. The zero-order valence-electron chi connectivity index (χ0n) is 16.5. The average molecular weight is 374 g/mol. The Kier molecular flexibility index (Phi) is 2.65. The highest BCUT2D eigenvalue weighted by molar-refractivity contribution is 6.12. The maximum Gasteiger partial charge on any atom is 0.292 e. The van der Waals surface area contributed by atoms with Crippen molar-refractivity contribution in [3.05, 3.63) is 84.1 Å². The highest BCUT2D eigenvalue weighted by Crippen LogP contribution is 2.56. The summed E-state index contributed by atoms with van der Waals surface area (Å²) in [6.07, 6.45) is 2.27. The van der Waals surface area contributed by atoms with Crippen LogP contribution in [0.4, 0.5) is 0 Å². The first kappa shape index (κ1) is 15.5. The van der Waals surface area contributed by atoms with Gasteiger partial charge in [-0.2, -0.15) is 4.57 Å². The number of benzene rings is 4. The highest BCUT2D eigenvalue weighted by Gasteiger charge is 2.47. The zero-order chi connectivity index (χ0) is 19.3. The van der Waals surface area contributed by atoms with Crippen LogP contribution in [0, 0.1) is 0 Å². The molecule has 2 heteroatoms. The molecule has 1 aliphatic carbocycles. The minimum absolute atomic E-state index is 0.0947. The number of fused-ring (bicyclic) bond motifs is 6. The first-order chi connectivity index (χ1) is 14.1. The summed E-state index contributed by atoms with van der Waals surface area (Å²) in [5.74, 6) is 1.05. The topological polar surface area (TPSA) is 13.1 Å². The molecule has 2 aliphatic rings. The van der Waals surface area contributed by atoms with E-state index in [2.05, 4.69) is 91.3 Å². The molecule has 4 aromatic carbocycles. The van der Waals surface area contributed by atoms with Gasteiger partial charge in [-0.05, 0) is 33.9 Å². The van der Waals surface area contributed by atoms with Gasteiger partial charge in [0.2, 0.25) is 5.69 Å². The first-order valence-electron chi connectivity index (χ1n) is 10.2. The standard InChI is InChI=1S/C27H20NO/c1-27(2)21-13-17-8-4-6-10-20(17)26-23(21)25-24(27)22-18(14-28(25)15-29-26)12-11-16-7-3-5-9-19(16)22/h3-14H,15H2,1-2H3/q+1. The highest BCUT2D eigenvalue weighted by atomic mass is 16.5. The maximum absolute atomic E-state index is 6.37. The molecule has 0 spiro atoms. The van der Waals surface area contributed by atoms with Crippen LogP contribution in [0.5, 0.6) is 5.75 Å². The van der Waals surface area contributed by atoms with Crippen LogP contribution in [0.3, 0.4) is 0 Å². The zero-order valence-corrected chi connectivity index (χ0v) is 16.5. The van der Waals surface area contributed by atoms with E-state index in [0.29, 0.717) is 6.73 Å². The molecule has 2 nitrogen and oxygen atoms in total. The lowest BCUT2D eigenvalue weighted by Crippen LogP contribution is -2.42. The molecular formula is C27H20NO+. The summed E-state index contributed by atoms with van der Waals surface area (Å²) in [6.45, 7) is 5.29. The third kappa shape index (κ3) is 1.76. The van der Waals surface area contributed by atoms with Crippen LogP contribution in [0.25, 0.3) is 43.6 Å². The predicted octanol–water partition coefficient (Wildman–Crippen LogP) is 6.09. The summed E-state index contributed by atoms with van der Waals surface area (Å²) < 4.78 is 8.68. The SMILES string of the molecule is CC1(C)c2cc3ccccc3c3c2-c2c1c1c(ccc4ccccc41)c[n+]2CO3. The van der Waals surface area contributed by atoms with Crippen molar-refractivity contribution >= 4 is 32.3 Å². The fourth-order valence-electron chi connectivity index (χ4n) is 5.61. The number of rotatable bonds is 0. The van der Waals surface area contributed by atoms with E-state index in [1.165, 1.54) is 54.7 Å². The van der Waals surface area contributed by atoms with Crippen LogP contribution < -0.4 is 9.30 Å². The van der Waals surface area contributed by atoms with Gasteiger partial charge in [-0.3, -0.25) is 0 Å². The van der Waals surface area contributed by atoms with Crippen LogP contribution in [-0.4, -0.2) is 0 Å². The molecule has 0 N–H and O–H groups in total. The molecule has 1 aromatic heterocycles. The molecule has 7 rings (SSSR count). The number of nitrogens with zero attached hydrogens (tertiary/aromatic N) is 1. The minimum Gasteiger partial charge on any atom is -0.434 e. The third-order valence-corrected chi connectivity index (χ3v) is 6.91. The van der Waals surface area contributed by atoms with E-state index in [4.69, 9.17) is 4.74 Å². The molecule has 0 saturated carbocycles. The molecule has 0 amide bonds. The second kappa shape index (κ2) is 4.96. The van der Waals surface area contributed by atoms with Crippen molar-refractivity contribution in [1.29, 1.82) is 0 Å². The van der Waals surface area contributed by atoms with Gasteiger partial charge in [0.1, 0.15) is 5.75 Å². The molecular weight excluding hydrogens is 354 g/mol. The van der Waals surface area contributed by atoms with Crippen molar-refractivity contribution in [2.45, 2.75) is 26.0 Å². The molecule has 138 valence electrons. The summed E-state index contributed by atoms with van der Waals surface area (Å²) in [5.41, 5.74) is 5.32. The normalized spacial score (nSPS) is 15.7. The average Bonchev–Trinajstić information content (AvgIpc) is 2.99. The van der Waals surface area contributed by atoms with Gasteiger partial charge in [0.25, 0.3) is 6.73 Å². The number of hydrogen-bond donors (Lipinski definition) is 0. The van der Waals surface area contributed by atoms with Gasteiger partial charge in [-0.15, -0.1) is 0 Å². The quantitative estimate of drug-likeness (QED) is 0.236. The molecule has 0 radical (unpaired) electrons. The lowest BCUT2D eigenvalue weighted by atomic mass is 9.79. The van der Waals surface area contributed by atoms with Gasteiger partial charge in [0, 0.05) is 27.1 Å². The molecule has 0 unspecified atom stereocenters. The van der Waals surface area contributed by atoms with Crippen LogP contribution in [-0.2, 0) is 12.1 Å². The van der Waals surface area contributed by atoms with E-state index < -0.39 is 0 Å². The maximum atomic E-state index is 6.37. The van der Waals surface area contributed by atoms with Crippen molar-refractivity contribution in [2.75, 3.05) is 0 Å². The summed E-state index contributed by atoms with van der Waals surface area (Å²) in [5, 5.41) is 7.75. The van der Waals surface area contributed by atoms with E-state index in [1.54, 1.807) is 0 Å². The van der Waals surface area contributed by atoms with Crippen molar-refractivity contribution in [2.24, 2.45) is 0 Å². The fraction of sp³-hybridized carbons (Fsp3) is 0.148. The van der Waals surface area contributed by atoms with E-state index in [0.717, 1.165) is 5.75 Å². The molecule has 0 saturated heterocycles. The number of aromatic nitrogens is 1. The van der Waals surface area contributed by atoms with Crippen molar-refractivity contribution < 1.29 is 9.30 Å². The fourth-order valence-corrected chi connectivity index (χ4v) is 5.61. The molecule has 0 bridgehead atoms. The molecule has 0 fully saturated rings. The van der Waals surface area contributed by atoms with Crippen LogP contribution >= 0.6 is 0 Å². The summed E-state index contributed by atoms with van der Waals surface area (Å²) in [7, 11) is 0. The van der Waals surface area contributed by atoms with Crippen molar-refractivity contribution in [3.63, 3.8) is 0 Å². The molecule has 1 aliphatic heterocycles. The molecule has 0 atom stereocenters. The Hall–Kier alpha value is -3.39. The van der Waals surface area contributed by atoms with Gasteiger partial charge in [-0.1, -0.05) is 68.4 Å². The lowest BCUT2D eigenvalue weighted by molar-refractivity contribution is -0.716. The largest absolute Gasteiger partial charge is 0.434 e. The van der Waals surface area contributed by atoms with Crippen LogP contribution in [0.1, 0.15) is 25.0 Å². The Bertz CT molecular complexity index is 1530. The van der Waals surface area contributed by atoms with Gasteiger partial charge in [0.05, 0.1) is 5.56 Å². The number of hydrogen-bond acceptors (Lipinski definition) is 1. The Balaban J connectivity index is 1.76. The number of pyridine rings is 1. The molecule has 2 heterocycles. The second-order valence-corrected chi connectivity index (χ2v) is 8.82. The van der Waals surface area contributed by atoms with E-state index >= 15 is 0 Å². The third-order valence-electron chi connectivity index (χ3n) is 6.91. The summed E-state index contributed by atoms with van der Waals surface area (Å²) >= 11 is 0. The summed E-state index contributed by atoms with van der Waals surface area (Å²) in [6, 6.07) is 24.2. The van der Waals surface area contributed by atoms with E-state index in [1.807, 2.05) is 0 Å². The van der Waals surface area contributed by atoms with Gasteiger partial charge in [0.15, 0.2) is 6.20 Å². The lowest BCUT2D eigenvalue weighted by Gasteiger charge is -2.22. The van der Waals surface area contributed by atoms with Crippen LogP contribution in [0.2, 0.25) is 0 Å². The van der Waals surface area contributed by atoms with Gasteiger partial charge < -0.3 is 4.74 Å². The predicted molar refractivity (Wildman–Crippen MR) is 117 cm³/mol. The van der Waals surface area contributed by atoms with E-state index in [9.17, 15) is 0 Å². The first-order valence-corrected chi connectivity index (χ1v) is 10.2. The smallest absolute Gasteiger partial charge is 0.292 e. The second-order valence-electron chi connectivity index (χ2n) is 8.82. The number of ether oxygens (including phenoxy) is 1. The van der Waals surface area contributed by atoms with Gasteiger partial charge in [-0.25, -0.2) is 0 Å². The molecule has 5 aromatic rings. The monoisotopic (exact) mass is 374 g/mol.